The number of hydrogen-bond donors (Lipinski definition) is 13. The van der Waals surface area contributed by atoms with E-state index in [1.807, 2.05) is 0 Å². The highest BCUT2D eigenvalue weighted by molar-refractivity contribution is 5.99. The number of benzene rings is 1. The number of nitrogens with one attached hydrogen (secondary N) is 7. The first kappa shape index (κ1) is 57.2. The molecule has 8 atom stereocenters. The van der Waals surface area contributed by atoms with E-state index in [2.05, 4.69) is 37.2 Å². The average Bonchev–Trinajstić information content (AvgIpc) is 3.20. The zero-order valence-electron chi connectivity index (χ0n) is 38.2. The summed E-state index contributed by atoms with van der Waals surface area (Å²) >= 11 is 0. The van der Waals surface area contributed by atoms with Gasteiger partial charge in [0.05, 0.1) is 18.9 Å². The van der Waals surface area contributed by atoms with E-state index in [1.54, 1.807) is 41.5 Å². The third kappa shape index (κ3) is 21.2. The van der Waals surface area contributed by atoms with Gasteiger partial charge in [-0.1, -0.05) is 53.7 Å². The molecule has 0 fully saturated rings. The van der Waals surface area contributed by atoms with Crippen molar-refractivity contribution in [3.05, 3.63) is 29.8 Å². The van der Waals surface area contributed by atoms with Crippen molar-refractivity contribution in [1.82, 2.24) is 37.2 Å². The Labute approximate surface area is 382 Å². The molecule has 0 unspecified atom stereocenters. The molecule has 24 nitrogen and oxygen atoms in total. The standard InChI is InChI=1S/C42H66N10O14/c1-19(2)14-26(49-38(61)27(15-20(3)4)50-39(62)28(17-31(43)54)48-35(58)22(7)46-41(64)34(45)21(5)6)37(60)47-25(12-13-33(56)57)36(59)51-29(18-32(44)55)40(63)52-30(42(65)66)16-23-8-10-24(53)11-9-23/h8-11,19-22,25-30,34,53H,12-18,45H2,1-7H3,(H2,43,54)(H2,44,55)(H,46,64)(H,47,60)(H,48,58)(H,49,61)(H,50,62)(H,51,59)(H,52,63)(H,56,57)(H,65,66)/t22-,25-,26-,27-,28-,29-,30-,34-/m0/s1. The molecule has 16 N–H and O–H groups in total. The van der Waals surface area contributed by atoms with Crippen LogP contribution in [0, 0.1) is 17.8 Å². The Kier molecular flexibility index (Phi) is 23.8. The number of phenols is 1. The maximum Gasteiger partial charge on any atom is 0.326 e. The van der Waals surface area contributed by atoms with Crippen LogP contribution in [0.25, 0.3) is 0 Å². The third-order valence-corrected chi connectivity index (χ3v) is 9.80. The van der Waals surface area contributed by atoms with Gasteiger partial charge in [-0.2, -0.15) is 0 Å². The molecule has 24 heteroatoms. The summed E-state index contributed by atoms with van der Waals surface area (Å²) in [4.78, 5) is 142. The number of aliphatic carboxylic acids is 2. The molecule has 0 aliphatic rings. The van der Waals surface area contributed by atoms with Gasteiger partial charge in [0, 0.05) is 12.8 Å². The van der Waals surface area contributed by atoms with Gasteiger partial charge in [-0.15, -0.1) is 0 Å². The van der Waals surface area contributed by atoms with Crippen molar-refractivity contribution < 1.29 is 68.1 Å². The SMILES string of the molecule is CC(C)C[C@H](NC(=O)[C@H](CC(N)=O)NC(=O)[C@H](C)NC(=O)[C@@H](N)C(C)C)C(=O)N[C@@H](CC(C)C)C(=O)N[C@@H](CCC(=O)O)C(=O)N[C@@H](CC(N)=O)C(=O)N[C@@H](Cc1ccc(O)cc1)C(=O)O. The van der Waals surface area contributed by atoms with E-state index in [9.17, 15) is 68.1 Å². The molecule has 0 saturated carbocycles. The number of nitrogens with two attached hydrogens (primary N) is 3. The summed E-state index contributed by atoms with van der Waals surface area (Å²) in [6, 6.07) is -6.31. The Bertz CT molecular complexity index is 1910. The molecule has 66 heavy (non-hydrogen) atoms. The highest BCUT2D eigenvalue weighted by Gasteiger charge is 2.35. The summed E-state index contributed by atoms with van der Waals surface area (Å²) < 4.78 is 0. The number of amides is 9. The van der Waals surface area contributed by atoms with Crippen molar-refractivity contribution in [2.75, 3.05) is 0 Å². The lowest BCUT2D eigenvalue weighted by atomic mass is 9.99. The summed E-state index contributed by atoms with van der Waals surface area (Å²) in [7, 11) is 0. The van der Waals surface area contributed by atoms with Crippen LogP contribution in [0.5, 0.6) is 5.75 Å². The van der Waals surface area contributed by atoms with E-state index in [0.29, 0.717) is 5.56 Å². The second-order valence-electron chi connectivity index (χ2n) is 17.1. The van der Waals surface area contributed by atoms with E-state index in [1.165, 1.54) is 31.2 Å². The Morgan fingerprint density at radius 2 is 0.894 bits per heavy atom. The minimum atomic E-state index is -1.80. The summed E-state index contributed by atoms with van der Waals surface area (Å²) in [5.41, 5.74) is 16.9. The highest BCUT2D eigenvalue weighted by atomic mass is 16.4. The van der Waals surface area contributed by atoms with Crippen LogP contribution >= 0.6 is 0 Å². The predicted molar refractivity (Wildman–Crippen MR) is 235 cm³/mol. The molecule has 9 amide bonds. The van der Waals surface area contributed by atoms with Crippen LogP contribution in [0.1, 0.15) is 92.6 Å². The van der Waals surface area contributed by atoms with Crippen LogP contribution < -0.4 is 54.4 Å². The maximum absolute atomic E-state index is 13.9. The molecular formula is C42H66N10O14. The topological polar surface area (TPSA) is 411 Å². The number of carbonyl (C=O) groups excluding carboxylic acids is 9. The molecule has 0 spiro atoms. The molecule has 1 rings (SSSR count). The Morgan fingerprint density at radius 3 is 1.29 bits per heavy atom. The number of rotatable bonds is 29. The van der Waals surface area contributed by atoms with E-state index in [4.69, 9.17) is 17.2 Å². The minimum absolute atomic E-state index is 0.0327. The summed E-state index contributed by atoms with van der Waals surface area (Å²) in [5.74, 6) is -12.7. The van der Waals surface area contributed by atoms with Gasteiger partial charge in [-0.25, -0.2) is 4.79 Å². The van der Waals surface area contributed by atoms with E-state index in [-0.39, 0.29) is 42.8 Å². The van der Waals surface area contributed by atoms with Crippen molar-refractivity contribution in [2.45, 2.75) is 142 Å². The zero-order chi connectivity index (χ0) is 50.6. The molecule has 0 heterocycles. The fourth-order valence-electron chi connectivity index (χ4n) is 6.17. The van der Waals surface area contributed by atoms with Gasteiger partial charge in [0.25, 0.3) is 0 Å². The van der Waals surface area contributed by atoms with Crippen LogP contribution in [0.2, 0.25) is 0 Å². The largest absolute Gasteiger partial charge is 0.508 e. The number of aromatic hydroxyl groups is 1. The Hall–Kier alpha value is -6.85. The quantitative estimate of drug-likeness (QED) is 0.0384. The third-order valence-electron chi connectivity index (χ3n) is 9.80. The summed E-state index contributed by atoms with van der Waals surface area (Å²) in [6.45, 7) is 11.5. The fourth-order valence-corrected chi connectivity index (χ4v) is 6.17. The van der Waals surface area contributed by atoms with Gasteiger partial charge in [0.1, 0.15) is 48.0 Å². The van der Waals surface area contributed by atoms with Gasteiger partial charge in [-0.05, 0) is 61.6 Å². The first-order chi connectivity index (χ1) is 30.6. The van der Waals surface area contributed by atoms with E-state index in [0.717, 1.165) is 0 Å². The van der Waals surface area contributed by atoms with Crippen LogP contribution in [0.15, 0.2) is 24.3 Å². The molecule has 368 valence electrons. The predicted octanol–water partition coefficient (Wildman–Crippen LogP) is -2.88. The Balaban J connectivity index is 3.38. The fraction of sp³-hybridized carbons (Fsp3) is 0.595. The van der Waals surface area contributed by atoms with E-state index >= 15 is 0 Å². The first-order valence-electron chi connectivity index (χ1n) is 21.3. The molecule has 1 aromatic rings. The smallest absolute Gasteiger partial charge is 0.326 e. The molecule has 1 aromatic carbocycles. The van der Waals surface area contributed by atoms with Crippen LogP contribution in [0.4, 0.5) is 0 Å². The lowest BCUT2D eigenvalue weighted by molar-refractivity contribution is -0.142. The highest BCUT2D eigenvalue weighted by Crippen LogP contribution is 2.14. The lowest BCUT2D eigenvalue weighted by Crippen LogP contribution is -2.60. The molecule has 0 aliphatic carbocycles. The number of primary amides is 2. The van der Waals surface area contributed by atoms with E-state index < -0.39 is 139 Å². The number of hydrogen-bond acceptors (Lipinski definition) is 13. The van der Waals surface area contributed by atoms with Crippen LogP contribution in [0.3, 0.4) is 0 Å². The lowest BCUT2D eigenvalue weighted by Gasteiger charge is -2.28. The van der Waals surface area contributed by atoms with Gasteiger partial charge < -0.3 is 69.7 Å². The molecule has 0 radical (unpaired) electrons. The van der Waals surface area contributed by atoms with Crippen molar-refractivity contribution in [2.24, 2.45) is 35.0 Å². The van der Waals surface area contributed by atoms with Crippen LogP contribution in [-0.4, -0.2) is 129 Å². The zero-order valence-corrected chi connectivity index (χ0v) is 38.2. The Morgan fingerprint density at radius 1 is 0.515 bits per heavy atom. The summed E-state index contributed by atoms with van der Waals surface area (Å²) in [6.07, 6.45) is -3.19. The normalized spacial score (nSPS) is 14.8. The van der Waals surface area contributed by atoms with Gasteiger partial charge >= 0.3 is 11.9 Å². The average molecular weight is 935 g/mol. The second-order valence-corrected chi connectivity index (χ2v) is 17.1. The van der Waals surface area contributed by atoms with Gasteiger partial charge in [0.15, 0.2) is 0 Å². The molecule has 0 bridgehead atoms. The number of carboxylic acid groups (broad SMARTS) is 2. The van der Waals surface area contributed by atoms with Crippen molar-refractivity contribution in [1.29, 1.82) is 0 Å². The van der Waals surface area contributed by atoms with Crippen molar-refractivity contribution in [3.63, 3.8) is 0 Å². The van der Waals surface area contributed by atoms with Crippen molar-refractivity contribution in [3.8, 4) is 5.75 Å². The van der Waals surface area contributed by atoms with Gasteiger partial charge in [-0.3, -0.25) is 47.9 Å². The minimum Gasteiger partial charge on any atom is -0.508 e. The molecule has 0 aliphatic heterocycles. The van der Waals surface area contributed by atoms with Crippen molar-refractivity contribution >= 4 is 65.1 Å². The second kappa shape index (κ2) is 27.5. The molecular weight excluding hydrogens is 869 g/mol. The maximum atomic E-state index is 13.9. The number of phenolic OH excluding ortho intramolecular Hbond substituents is 1. The number of carbonyl (C=O) groups is 11. The summed E-state index contributed by atoms with van der Waals surface area (Å²) in [5, 5.41) is 45.4. The van der Waals surface area contributed by atoms with Gasteiger partial charge in [0.2, 0.25) is 53.2 Å². The molecule has 0 aromatic heterocycles. The molecule has 0 saturated heterocycles. The van der Waals surface area contributed by atoms with Crippen LogP contribution in [-0.2, 0) is 59.2 Å². The number of carboxylic acids is 2. The monoisotopic (exact) mass is 934 g/mol. The first-order valence-corrected chi connectivity index (χ1v) is 21.3.